The number of Topliss-reactive ketones (excluding diaryl/α,β-unsaturated/α-hetero) is 1. The van der Waals surface area contributed by atoms with E-state index < -0.39 is 5.78 Å². The summed E-state index contributed by atoms with van der Waals surface area (Å²) in [6.45, 7) is 1.84. The predicted molar refractivity (Wildman–Crippen MR) is 50.8 cm³/mol. The van der Waals surface area contributed by atoms with Crippen LogP contribution in [0, 0.1) is 18.3 Å². The molecule has 4 nitrogen and oxygen atoms in total. The van der Waals surface area contributed by atoms with E-state index in [9.17, 15) is 4.79 Å². The number of carbonyl (C=O) groups is 1. The van der Waals surface area contributed by atoms with Gasteiger partial charge in [0.25, 0.3) is 5.78 Å². The van der Waals surface area contributed by atoms with E-state index in [4.69, 9.17) is 5.26 Å². The highest BCUT2D eigenvalue weighted by Gasteiger charge is 2.06. The van der Waals surface area contributed by atoms with Crippen molar-refractivity contribution in [2.45, 2.75) is 6.92 Å². The van der Waals surface area contributed by atoms with Crippen LogP contribution in [-0.2, 0) is 0 Å². The third kappa shape index (κ3) is 1.25. The van der Waals surface area contributed by atoms with Crippen molar-refractivity contribution in [3.8, 4) is 6.07 Å². The third-order valence-electron chi connectivity index (χ3n) is 1.96. The van der Waals surface area contributed by atoms with Gasteiger partial charge in [-0.2, -0.15) is 5.26 Å². The maximum Gasteiger partial charge on any atom is 0.262 e. The molecule has 0 bridgehead atoms. The highest BCUT2D eigenvalue weighted by molar-refractivity contribution is 6.08. The lowest BCUT2D eigenvalue weighted by atomic mass is 10.1. The first-order valence-corrected chi connectivity index (χ1v) is 4.11. The van der Waals surface area contributed by atoms with Crippen LogP contribution in [0.5, 0.6) is 0 Å². The number of fused-ring (bicyclic) bond motifs is 1. The second-order valence-electron chi connectivity index (χ2n) is 3.00. The highest BCUT2D eigenvalue weighted by Crippen LogP contribution is 2.13. The second kappa shape index (κ2) is 2.96. The summed E-state index contributed by atoms with van der Waals surface area (Å²) < 4.78 is 0. The SMILES string of the molecule is Cc1nc2ccc(C(=O)C#N)cc2[nH]1. The number of hydrogen-bond acceptors (Lipinski definition) is 3. The van der Waals surface area contributed by atoms with Crippen LogP contribution >= 0.6 is 0 Å². The summed E-state index contributed by atoms with van der Waals surface area (Å²) in [6, 6.07) is 6.55. The fraction of sp³-hybridized carbons (Fsp3) is 0.100. The second-order valence-corrected chi connectivity index (χ2v) is 3.00. The van der Waals surface area contributed by atoms with Crippen LogP contribution in [-0.4, -0.2) is 15.8 Å². The molecule has 2 rings (SSSR count). The molecule has 0 amide bonds. The number of nitrogens with one attached hydrogen (secondary N) is 1. The molecule has 0 aliphatic heterocycles. The van der Waals surface area contributed by atoms with Gasteiger partial charge < -0.3 is 4.98 Å². The van der Waals surface area contributed by atoms with Crippen LogP contribution in [0.15, 0.2) is 18.2 Å². The molecule has 14 heavy (non-hydrogen) atoms. The van der Waals surface area contributed by atoms with Gasteiger partial charge in [-0.3, -0.25) is 4.79 Å². The standard InChI is InChI=1S/C10H7N3O/c1-6-12-8-3-2-7(10(14)5-11)4-9(8)13-6/h2-4H,1H3,(H,12,13). The molecule has 1 heterocycles. The lowest BCUT2D eigenvalue weighted by Gasteiger charge is -1.91. The summed E-state index contributed by atoms with van der Waals surface area (Å²) in [7, 11) is 0. The molecule has 1 aromatic heterocycles. The number of ketones is 1. The zero-order valence-electron chi connectivity index (χ0n) is 7.53. The van der Waals surface area contributed by atoms with Gasteiger partial charge in [-0.25, -0.2) is 4.98 Å². The number of aryl methyl sites for hydroxylation is 1. The first-order valence-electron chi connectivity index (χ1n) is 4.11. The maximum atomic E-state index is 11.1. The number of aromatic amines is 1. The van der Waals surface area contributed by atoms with Gasteiger partial charge in [0.15, 0.2) is 0 Å². The molecule has 1 N–H and O–H groups in total. The molecule has 0 aliphatic carbocycles. The minimum atomic E-state index is -0.529. The van der Waals surface area contributed by atoms with Gasteiger partial charge in [0.1, 0.15) is 11.9 Å². The van der Waals surface area contributed by atoms with Crippen LogP contribution in [0.1, 0.15) is 16.2 Å². The van der Waals surface area contributed by atoms with Gasteiger partial charge in [0, 0.05) is 5.56 Å². The van der Waals surface area contributed by atoms with Crippen LogP contribution in [0.2, 0.25) is 0 Å². The zero-order chi connectivity index (χ0) is 10.1. The summed E-state index contributed by atoms with van der Waals surface area (Å²) in [5, 5.41) is 8.44. The number of hydrogen-bond donors (Lipinski definition) is 1. The van der Waals surface area contributed by atoms with E-state index in [1.807, 2.05) is 6.92 Å². The minimum absolute atomic E-state index is 0.392. The fourth-order valence-electron chi connectivity index (χ4n) is 1.34. The monoisotopic (exact) mass is 185 g/mol. The predicted octanol–water partition coefficient (Wildman–Crippen LogP) is 1.58. The number of imidazole rings is 1. The fourth-order valence-corrected chi connectivity index (χ4v) is 1.34. The number of aromatic nitrogens is 2. The van der Waals surface area contributed by atoms with Crippen LogP contribution in [0.4, 0.5) is 0 Å². The molecule has 2 aromatic rings. The van der Waals surface area contributed by atoms with E-state index in [0.29, 0.717) is 5.56 Å². The molecular formula is C10H7N3O. The van der Waals surface area contributed by atoms with Crippen molar-refractivity contribution in [2.24, 2.45) is 0 Å². The Bertz CT molecular complexity index is 548. The van der Waals surface area contributed by atoms with Gasteiger partial charge in [0.2, 0.25) is 0 Å². The van der Waals surface area contributed by atoms with E-state index in [-0.39, 0.29) is 0 Å². The molecule has 0 aliphatic rings. The molecule has 0 radical (unpaired) electrons. The van der Waals surface area contributed by atoms with Crippen molar-refractivity contribution in [2.75, 3.05) is 0 Å². The van der Waals surface area contributed by atoms with Gasteiger partial charge >= 0.3 is 0 Å². The molecule has 0 saturated heterocycles. The topological polar surface area (TPSA) is 69.5 Å². The molecule has 0 unspecified atom stereocenters. The Kier molecular flexibility index (Phi) is 1.79. The van der Waals surface area contributed by atoms with Gasteiger partial charge in [-0.15, -0.1) is 0 Å². The maximum absolute atomic E-state index is 11.1. The van der Waals surface area contributed by atoms with Gasteiger partial charge in [-0.05, 0) is 25.1 Å². The first-order chi connectivity index (χ1) is 6.70. The molecular weight excluding hydrogens is 178 g/mol. The van der Waals surface area contributed by atoms with E-state index >= 15 is 0 Å². The van der Waals surface area contributed by atoms with Crippen molar-refractivity contribution < 1.29 is 4.79 Å². The quantitative estimate of drug-likeness (QED) is 0.541. The number of carbonyl (C=O) groups excluding carboxylic acids is 1. The summed E-state index contributed by atoms with van der Waals surface area (Å²) in [5.41, 5.74) is 1.98. The minimum Gasteiger partial charge on any atom is -0.342 e. The van der Waals surface area contributed by atoms with Crippen molar-refractivity contribution in [3.05, 3.63) is 29.6 Å². The third-order valence-corrected chi connectivity index (χ3v) is 1.96. The average Bonchev–Trinajstić information content (AvgIpc) is 2.55. The van der Waals surface area contributed by atoms with E-state index in [1.165, 1.54) is 0 Å². The Hall–Kier alpha value is -2.15. The van der Waals surface area contributed by atoms with E-state index in [0.717, 1.165) is 16.9 Å². The number of H-pyrrole nitrogens is 1. The van der Waals surface area contributed by atoms with Crippen LogP contribution < -0.4 is 0 Å². The molecule has 1 aromatic carbocycles. The number of rotatable bonds is 1. The Balaban J connectivity index is 2.62. The molecule has 0 fully saturated rings. The summed E-state index contributed by atoms with van der Waals surface area (Å²) in [6.07, 6.45) is 0. The Morgan fingerprint density at radius 3 is 3.07 bits per heavy atom. The molecule has 0 spiro atoms. The van der Waals surface area contributed by atoms with Crippen molar-refractivity contribution in [3.63, 3.8) is 0 Å². The molecule has 0 atom stereocenters. The number of nitriles is 1. The van der Waals surface area contributed by atoms with Crippen LogP contribution in [0.3, 0.4) is 0 Å². The summed E-state index contributed by atoms with van der Waals surface area (Å²) in [4.78, 5) is 18.3. The normalized spacial score (nSPS) is 10.0. The van der Waals surface area contributed by atoms with E-state index in [1.54, 1.807) is 24.3 Å². The number of benzene rings is 1. The molecule has 68 valence electrons. The summed E-state index contributed by atoms with van der Waals surface area (Å²) in [5.74, 6) is 0.265. The lowest BCUT2D eigenvalue weighted by molar-refractivity contribution is 0.105. The average molecular weight is 185 g/mol. The van der Waals surface area contributed by atoms with Gasteiger partial charge in [-0.1, -0.05) is 0 Å². The Morgan fingerprint density at radius 1 is 1.57 bits per heavy atom. The molecule has 4 heteroatoms. The van der Waals surface area contributed by atoms with Crippen molar-refractivity contribution in [1.82, 2.24) is 9.97 Å². The van der Waals surface area contributed by atoms with Crippen molar-refractivity contribution >= 4 is 16.8 Å². The first kappa shape index (κ1) is 8.45. The van der Waals surface area contributed by atoms with E-state index in [2.05, 4.69) is 9.97 Å². The van der Waals surface area contributed by atoms with Gasteiger partial charge in [0.05, 0.1) is 11.0 Å². The Morgan fingerprint density at radius 2 is 2.36 bits per heavy atom. The summed E-state index contributed by atoms with van der Waals surface area (Å²) >= 11 is 0. The smallest absolute Gasteiger partial charge is 0.262 e. The number of nitrogens with zero attached hydrogens (tertiary/aromatic N) is 2. The Labute approximate surface area is 80.2 Å². The zero-order valence-corrected chi connectivity index (χ0v) is 7.53. The molecule has 0 saturated carbocycles. The lowest BCUT2D eigenvalue weighted by Crippen LogP contribution is -1.93. The van der Waals surface area contributed by atoms with Crippen molar-refractivity contribution in [1.29, 1.82) is 5.26 Å². The largest absolute Gasteiger partial charge is 0.342 e. The van der Waals surface area contributed by atoms with Crippen LogP contribution in [0.25, 0.3) is 11.0 Å². The highest BCUT2D eigenvalue weighted by atomic mass is 16.1.